The Kier molecular flexibility index (Phi) is 4.98. The highest BCUT2D eigenvalue weighted by atomic mass is 35.5. The summed E-state index contributed by atoms with van der Waals surface area (Å²) < 4.78 is 0. The van der Waals surface area contributed by atoms with Crippen LogP contribution in [0, 0.1) is 11.3 Å². The van der Waals surface area contributed by atoms with Crippen LogP contribution in [0.2, 0.25) is 5.02 Å². The van der Waals surface area contributed by atoms with E-state index in [1.165, 1.54) is 0 Å². The second kappa shape index (κ2) is 6.89. The molecule has 0 bridgehead atoms. The van der Waals surface area contributed by atoms with Crippen LogP contribution >= 0.6 is 11.6 Å². The Hall–Kier alpha value is -1.72. The van der Waals surface area contributed by atoms with E-state index in [4.69, 9.17) is 11.6 Å². The molecule has 136 valence electrons. The minimum absolute atomic E-state index is 0.268. The Balaban J connectivity index is 1.82. The molecule has 1 atom stereocenters. The van der Waals surface area contributed by atoms with Crippen molar-refractivity contribution in [3.05, 3.63) is 41.3 Å². The van der Waals surface area contributed by atoms with Gasteiger partial charge >= 0.3 is 0 Å². The van der Waals surface area contributed by atoms with Crippen LogP contribution in [0.1, 0.15) is 38.4 Å². The van der Waals surface area contributed by atoms with Gasteiger partial charge in [0.25, 0.3) is 0 Å². The second-order valence-corrected chi connectivity index (χ2v) is 7.95. The monoisotopic (exact) mass is 362 g/mol. The Labute approximate surface area is 154 Å². The van der Waals surface area contributed by atoms with Gasteiger partial charge in [-0.15, -0.1) is 0 Å². The largest absolute Gasteiger partial charge is 0.388 e. The number of rotatable bonds is 5. The van der Waals surface area contributed by atoms with Crippen molar-refractivity contribution in [1.82, 2.24) is 20.4 Å². The number of nitrogens with one attached hydrogen (secondary N) is 2. The molecule has 1 saturated heterocycles. The summed E-state index contributed by atoms with van der Waals surface area (Å²) in [6.07, 6.45) is 3.18. The molecule has 0 amide bonds. The third-order valence-corrected chi connectivity index (χ3v) is 5.98. The van der Waals surface area contributed by atoms with E-state index in [-0.39, 0.29) is 5.41 Å². The minimum atomic E-state index is -0.613. The molecule has 0 spiro atoms. The van der Waals surface area contributed by atoms with Crippen molar-refractivity contribution in [2.75, 3.05) is 20.1 Å². The first-order valence-corrected chi connectivity index (χ1v) is 9.14. The summed E-state index contributed by atoms with van der Waals surface area (Å²) in [6, 6.07) is 3.72. The number of aromatic amines is 1. The van der Waals surface area contributed by atoms with Crippen LogP contribution in [-0.4, -0.2) is 40.3 Å². The van der Waals surface area contributed by atoms with Gasteiger partial charge in [0.05, 0.1) is 23.6 Å². The summed E-state index contributed by atoms with van der Waals surface area (Å²) in [4.78, 5) is 2.27. The van der Waals surface area contributed by atoms with Gasteiger partial charge < -0.3 is 15.3 Å². The average molecular weight is 363 g/mol. The molecule has 2 heterocycles. The van der Waals surface area contributed by atoms with Crippen molar-refractivity contribution in [3.63, 3.8) is 0 Å². The Morgan fingerprint density at radius 1 is 1.44 bits per heavy atom. The second-order valence-electron chi connectivity index (χ2n) is 7.51. The molecule has 0 radical (unpaired) electrons. The van der Waals surface area contributed by atoms with E-state index in [0.29, 0.717) is 10.9 Å². The zero-order valence-corrected chi connectivity index (χ0v) is 15.9. The molecule has 3 rings (SSSR count). The Bertz CT molecular complexity index is 762. The highest BCUT2D eigenvalue weighted by Crippen LogP contribution is 2.46. The van der Waals surface area contributed by atoms with Gasteiger partial charge in [0.2, 0.25) is 0 Å². The number of aromatic nitrogens is 2. The molecule has 1 unspecified atom stereocenters. The first kappa shape index (κ1) is 18.1. The maximum Gasteiger partial charge on any atom is 0.0936 e. The van der Waals surface area contributed by atoms with Crippen molar-refractivity contribution >= 4 is 22.5 Å². The molecule has 0 aliphatic carbocycles. The minimum Gasteiger partial charge on any atom is -0.388 e. The maximum atomic E-state index is 11.2. The van der Waals surface area contributed by atoms with Crippen molar-refractivity contribution < 1.29 is 5.11 Å². The van der Waals surface area contributed by atoms with Gasteiger partial charge in [-0.1, -0.05) is 32.0 Å². The van der Waals surface area contributed by atoms with E-state index >= 15 is 0 Å². The smallest absolute Gasteiger partial charge is 0.0936 e. The summed E-state index contributed by atoms with van der Waals surface area (Å²) >= 11 is 6.25. The summed E-state index contributed by atoms with van der Waals surface area (Å²) in [5.41, 5.74) is 1.42. The number of hydrogen-bond acceptors (Lipinski definition) is 4. The topological polar surface area (TPSA) is 64.2 Å². The summed E-state index contributed by atoms with van der Waals surface area (Å²) in [5.74, 6) is 1.38. The normalized spacial score (nSPS) is 17.7. The lowest BCUT2D eigenvalue weighted by atomic mass is 9.68. The van der Waals surface area contributed by atoms with Crippen molar-refractivity contribution in [1.29, 1.82) is 0 Å². The zero-order valence-electron chi connectivity index (χ0n) is 15.1. The summed E-state index contributed by atoms with van der Waals surface area (Å²) in [7, 11) is 1.90. The summed E-state index contributed by atoms with van der Waals surface area (Å²) in [6.45, 7) is 10.2. The van der Waals surface area contributed by atoms with Crippen LogP contribution in [-0.2, 0) is 0 Å². The third kappa shape index (κ3) is 3.35. The molecule has 1 aliphatic rings. The quantitative estimate of drug-likeness (QED) is 0.759. The standard InChI is InChI=1S/C19H27ClN4O/c1-12(21-4)24-7-5-14(6-8-24)19(2,3)18(25)16-10-15(20)9-13-11-22-23-17(13)16/h9-11,14,18,21,25H,1,5-8H2,2-4H3,(H,22,23). The van der Waals surface area contributed by atoms with Crippen LogP contribution in [0.3, 0.4) is 0 Å². The average Bonchev–Trinajstić information content (AvgIpc) is 3.08. The molecule has 2 aromatic rings. The number of piperidine rings is 1. The number of nitrogens with zero attached hydrogens (tertiary/aromatic N) is 2. The highest BCUT2D eigenvalue weighted by Gasteiger charge is 2.39. The fourth-order valence-corrected chi connectivity index (χ4v) is 4.17. The van der Waals surface area contributed by atoms with Gasteiger partial charge in [-0.05, 0) is 36.3 Å². The van der Waals surface area contributed by atoms with Gasteiger partial charge in [-0.25, -0.2) is 0 Å². The lowest BCUT2D eigenvalue weighted by molar-refractivity contribution is -0.0155. The Morgan fingerprint density at radius 2 is 2.12 bits per heavy atom. The van der Waals surface area contributed by atoms with E-state index in [2.05, 4.69) is 40.8 Å². The van der Waals surface area contributed by atoms with Crippen LogP contribution in [0.25, 0.3) is 10.9 Å². The highest BCUT2D eigenvalue weighted by molar-refractivity contribution is 6.31. The number of likely N-dealkylation sites (tertiary alicyclic amines) is 1. The van der Waals surface area contributed by atoms with Gasteiger partial charge in [0.15, 0.2) is 0 Å². The van der Waals surface area contributed by atoms with E-state index in [0.717, 1.165) is 48.2 Å². The number of halogens is 1. The van der Waals surface area contributed by atoms with Crippen molar-refractivity contribution in [2.45, 2.75) is 32.8 Å². The SMILES string of the molecule is C=C(NC)N1CCC(C(C)(C)C(O)c2cc(Cl)cc3cn[nH]c23)CC1. The number of aliphatic hydroxyl groups excluding tert-OH is 1. The number of benzene rings is 1. The third-order valence-electron chi connectivity index (χ3n) is 5.76. The predicted octanol–water partition coefficient (Wildman–Crippen LogP) is 3.68. The maximum absolute atomic E-state index is 11.2. The lowest BCUT2D eigenvalue weighted by Crippen LogP contribution is -2.42. The number of fused-ring (bicyclic) bond motifs is 1. The van der Waals surface area contributed by atoms with E-state index in [1.54, 1.807) is 6.20 Å². The van der Waals surface area contributed by atoms with Gasteiger partial charge in [0, 0.05) is 36.1 Å². The van der Waals surface area contributed by atoms with Crippen LogP contribution < -0.4 is 5.32 Å². The molecule has 6 heteroatoms. The van der Waals surface area contributed by atoms with Crippen LogP contribution in [0.4, 0.5) is 0 Å². The molecule has 25 heavy (non-hydrogen) atoms. The first-order valence-electron chi connectivity index (χ1n) is 8.76. The molecule has 3 N–H and O–H groups in total. The molecule has 1 aromatic carbocycles. The molecule has 5 nitrogen and oxygen atoms in total. The van der Waals surface area contributed by atoms with Gasteiger partial charge in [-0.3, -0.25) is 5.10 Å². The van der Waals surface area contributed by atoms with Crippen LogP contribution in [0.15, 0.2) is 30.7 Å². The van der Waals surface area contributed by atoms with E-state index in [1.807, 2.05) is 19.2 Å². The fourth-order valence-electron chi connectivity index (χ4n) is 3.94. The lowest BCUT2D eigenvalue weighted by Gasteiger charge is -2.44. The molecule has 1 aromatic heterocycles. The Morgan fingerprint density at radius 3 is 2.76 bits per heavy atom. The first-order chi connectivity index (χ1) is 11.8. The fraction of sp³-hybridized carbons (Fsp3) is 0.526. The zero-order chi connectivity index (χ0) is 18.2. The number of aliphatic hydroxyl groups is 1. The van der Waals surface area contributed by atoms with E-state index in [9.17, 15) is 5.11 Å². The molecule has 0 saturated carbocycles. The van der Waals surface area contributed by atoms with Crippen LogP contribution in [0.5, 0.6) is 0 Å². The predicted molar refractivity (Wildman–Crippen MR) is 102 cm³/mol. The van der Waals surface area contributed by atoms with E-state index < -0.39 is 6.10 Å². The van der Waals surface area contributed by atoms with Gasteiger partial charge in [-0.2, -0.15) is 5.10 Å². The number of hydrogen-bond donors (Lipinski definition) is 3. The van der Waals surface area contributed by atoms with Crippen molar-refractivity contribution in [3.8, 4) is 0 Å². The van der Waals surface area contributed by atoms with Crippen molar-refractivity contribution in [2.24, 2.45) is 11.3 Å². The molecule has 1 fully saturated rings. The molecule has 1 aliphatic heterocycles. The molecular weight excluding hydrogens is 336 g/mol. The number of H-pyrrole nitrogens is 1. The molecular formula is C19H27ClN4O. The van der Waals surface area contributed by atoms with Gasteiger partial charge in [0.1, 0.15) is 0 Å². The summed E-state index contributed by atoms with van der Waals surface area (Å²) in [5, 5.41) is 23.0.